The van der Waals surface area contributed by atoms with Crippen molar-refractivity contribution in [1.82, 2.24) is 5.43 Å². The maximum absolute atomic E-state index is 12.6. The number of phenols is 1. The van der Waals surface area contributed by atoms with Crippen molar-refractivity contribution < 1.29 is 19.4 Å². The van der Waals surface area contributed by atoms with Crippen LogP contribution in [0.5, 0.6) is 17.2 Å². The van der Waals surface area contributed by atoms with Crippen molar-refractivity contribution in [3.05, 3.63) is 112 Å². The Morgan fingerprint density at radius 1 is 0.919 bits per heavy atom. The Morgan fingerprint density at radius 3 is 2.32 bits per heavy atom. The number of amides is 1. The fourth-order valence-electron chi connectivity index (χ4n) is 4.07. The first-order chi connectivity index (χ1) is 18.0. The van der Waals surface area contributed by atoms with Crippen LogP contribution in [0.1, 0.15) is 21.5 Å². The summed E-state index contributed by atoms with van der Waals surface area (Å²) in [5.41, 5.74) is 4.34. The van der Waals surface area contributed by atoms with Crippen molar-refractivity contribution in [2.45, 2.75) is 6.61 Å². The number of nitrogens with one attached hydrogen (secondary N) is 1. The minimum atomic E-state index is -0.513. The summed E-state index contributed by atoms with van der Waals surface area (Å²) >= 11 is 3.56. The number of hydrogen-bond acceptors (Lipinski definition) is 5. The average molecular weight is 555 g/mol. The predicted octanol–water partition coefficient (Wildman–Crippen LogP) is 6.81. The number of fused-ring (bicyclic) bond motifs is 2. The van der Waals surface area contributed by atoms with Gasteiger partial charge in [-0.2, -0.15) is 5.10 Å². The number of carbonyl (C=O) groups excluding carboxylic acids is 1. The molecule has 0 bridgehead atoms. The summed E-state index contributed by atoms with van der Waals surface area (Å²) in [6, 6.07) is 28.7. The van der Waals surface area contributed by atoms with Crippen molar-refractivity contribution in [2.24, 2.45) is 5.10 Å². The van der Waals surface area contributed by atoms with E-state index in [1.807, 2.05) is 48.5 Å². The van der Waals surface area contributed by atoms with E-state index in [0.29, 0.717) is 28.1 Å². The van der Waals surface area contributed by atoms with Gasteiger partial charge in [0.05, 0.1) is 23.4 Å². The van der Waals surface area contributed by atoms with Crippen LogP contribution in [0.15, 0.2) is 101 Å². The zero-order chi connectivity index (χ0) is 25.8. The number of rotatable bonds is 7. The standard InChI is InChI=1S/C30H23BrN2O4/c1-36-28-14-20(17-32-33-30(35)25-15-23-8-4-5-9-24(23)16-27(25)34)13-26(31)29(28)37-18-19-10-11-21-6-2-3-7-22(21)12-19/h2-17,34H,18H2,1H3,(H,33,35). The van der Waals surface area contributed by atoms with Crippen molar-refractivity contribution in [2.75, 3.05) is 7.11 Å². The lowest BCUT2D eigenvalue weighted by molar-refractivity contribution is 0.0952. The summed E-state index contributed by atoms with van der Waals surface area (Å²) in [4.78, 5) is 12.6. The third-order valence-electron chi connectivity index (χ3n) is 5.94. The SMILES string of the molecule is COc1cc(C=NNC(=O)c2cc3ccccc3cc2O)cc(Br)c1OCc1ccc2ccccc2c1. The van der Waals surface area contributed by atoms with E-state index in [1.54, 1.807) is 25.3 Å². The maximum atomic E-state index is 12.6. The molecular formula is C30H23BrN2O4. The fraction of sp³-hybridized carbons (Fsp3) is 0.0667. The molecule has 0 aliphatic rings. The van der Waals surface area contributed by atoms with E-state index in [-0.39, 0.29) is 11.3 Å². The molecule has 2 N–H and O–H groups in total. The Bertz CT molecular complexity index is 1650. The molecule has 0 fully saturated rings. The van der Waals surface area contributed by atoms with Crippen LogP contribution in [0.25, 0.3) is 21.5 Å². The van der Waals surface area contributed by atoms with Gasteiger partial charge in [0, 0.05) is 0 Å². The highest BCUT2D eigenvalue weighted by atomic mass is 79.9. The van der Waals surface area contributed by atoms with E-state index < -0.39 is 5.91 Å². The molecule has 0 heterocycles. The van der Waals surface area contributed by atoms with Gasteiger partial charge in [0.1, 0.15) is 12.4 Å². The van der Waals surface area contributed by atoms with Crippen LogP contribution < -0.4 is 14.9 Å². The van der Waals surface area contributed by atoms with Crippen LogP contribution in [0, 0.1) is 0 Å². The predicted molar refractivity (Wildman–Crippen MR) is 150 cm³/mol. The highest BCUT2D eigenvalue weighted by Crippen LogP contribution is 2.37. The average Bonchev–Trinajstić information content (AvgIpc) is 2.91. The summed E-state index contributed by atoms with van der Waals surface area (Å²) in [5.74, 6) is 0.470. The smallest absolute Gasteiger partial charge is 0.275 e. The van der Waals surface area contributed by atoms with Gasteiger partial charge < -0.3 is 14.6 Å². The topological polar surface area (TPSA) is 80.2 Å². The molecular weight excluding hydrogens is 532 g/mol. The highest BCUT2D eigenvalue weighted by Gasteiger charge is 2.14. The zero-order valence-corrected chi connectivity index (χ0v) is 21.5. The molecule has 0 aromatic heterocycles. The third kappa shape index (κ3) is 5.42. The first-order valence-corrected chi connectivity index (χ1v) is 12.3. The van der Waals surface area contributed by atoms with Crippen LogP contribution in [0.4, 0.5) is 0 Å². The van der Waals surface area contributed by atoms with E-state index >= 15 is 0 Å². The normalized spacial score (nSPS) is 11.2. The lowest BCUT2D eigenvalue weighted by atomic mass is 10.1. The largest absolute Gasteiger partial charge is 0.507 e. The van der Waals surface area contributed by atoms with Gasteiger partial charge in [0.2, 0.25) is 0 Å². The molecule has 0 aliphatic heterocycles. The number of halogens is 1. The number of methoxy groups -OCH3 is 1. The molecule has 0 saturated carbocycles. The Kier molecular flexibility index (Phi) is 7.05. The van der Waals surface area contributed by atoms with Gasteiger partial charge in [0.15, 0.2) is 11.5 Å². The zero-order valence-electron chi connectivity index (χ0n) is 19.9. The van der Waals surface area contributed by atoms with Gasteiger partial charge in [-0.25, -0.2) is 5.43 Å². The molecule has 6 nitrogen and oxygen atoms in total. The van der Waals surface area contributed by atoms with E-state index in [4.69, 9.17) is 9.47 Å². The summed E-state index contributed by atoms with van der Waals surface area (Å²) in [6.07, 6.45) is 1.50. The Hall–Kier alpha value is -4.36. The molecule has 0 atom stereocenters. The molecule has 5 aromatic rings. The molecule has 5 aromatic carbocycles. The first-order valence-electron chi connectivity index (χ1n) is 11.5. The summed E-state index contributed by atoms with van der Waals surface area (Å²) < 4.78 is 12.3. The molecule has 0 unspecified atom stereocenters. The Balaban J connectivity index is 1.29. The molecule has 184 valence electrons. The number of aromatic hydroxyl groups is 1. The van der Waals surface area contributed by atoms with Crippen LogP contribution in [0.2, 0.25) is 0 Å². The number of carbonyl (C=O) groups is 1. The first kappa shape index (κ1) is 24.3. The van der Waals surface area contributed by atoms with Gasteiger partial charge in [0.25, 0.3) is 5.91 Å². The van der Waals surface area contributed by atoms with E-state index in [1.165, 1.54) is 11.6 Å². The maximum Gasteiger partial charge on any atom is 0.275 e. The van der Waals surface area contributed by atoms with Crippen LogP contribution >= 0.6 is 15.9 Å². The van der Waals surface area contributed by atoms with E-state index in [0.717, 1.165) is 21.7 Å². The number of hydrogen-bond donors (Lipinski definition) is 2. The summed E-state index contributed by atoms with van der Waals surface area (Å²) in [6.45, 7) is 0.374. The number of phenolic OH excluding ortho intramolecular Hbond substituents is 1. The monoisotopic (exact) mass is 554 g/mol. The fourth-order valence-corrected chi connectivity index (χ4v) is 4.65. The van der Waals surface area contributed by atoms with E-state index in [2.05, 4.69) is 50.7 Å². The molecule has 0 radical (unpaired) electrons. The number of ether oxygens (including phenoxy) is 2. The van der Waals surface area contributed by atoms with Crippen molar-refractivity contribution in [3.8, 4) is 17.2 Å². The van der Waals surface area contributed by atoms with Gasteiger partial charge in [-0.1, -0.05) is 60.7 Å². The second-order valence-corrected chi connectivity index (χ2v) is 9.27. The summed E-state index contributed by atoms with van der Waals surface area (Å²) in [5, 5.41) is 18.3. The molecule has 5 rings (SSSR count). The molecule has 0 aliphatic carbocycles. The van der Waals surface area contributed by atoms with E-state index in [9.17, 15) is 9.90 Å². The Labute approximate surface area is 222 Å². The minimum absolute atomic E-state index is 0.108. The van der Waals surface area contributed by atoms with Crippen LogP contribution in [-0.4, -0.2) is 24.3 Å². The van der Waals surface area contributed by atoms with Gasteiger partial charge in [-0.3, -0.25) is 4.79 Å². The lowest BCUT2D eigenvalue weighted by Crippen LogP contribution is -2.17. The van der Waals surface area contributed by atoms with Crippen molar-refractivity contribution in [1.29, 1.82) is 0 Å². The summed E-state index contributed by atoms with van der Waals surface area (Å²) in [7, 11) is 1.57. The number of hydrazone groups is 1. The third-order valence-corrected chi connectivity index (χ3v) is 6.53. The quantitative estimate of drug-likeness (QED) is 0.171. The second-order valence-electron chi connectivity index (χ2n) is 8.42. The molecule has 1 amide bonds. The lowest BCUT2D eigenvalue weighted by Gasteiger charge is -2.14. The van der Waals surface area contributed by atoms with Gasteiger partial charge in [-0.15, -0.1) is 0 Å². The van der Waals surface area contributed by atoms with Crippen LogP contribution in [-0.2, 0) is 6.61 Å². The van der Waals surface area contributed by atoms with Gasteiger partial charge >= 0.3 is 0 Å². The highest BCUT2D eigenvalue weighted by molar-refractivity contribution is 9.10. The van der Waals surface area contributed by atoms with Crippen molar-refractivity contribution in [3.63, 3.8) is 0 Å². The molecule has 7 heteroatoms. The molecule has 0 spiro atoms. The Morgan fingerprint density at radius 2 is 1.59 bits per heavy atom. The van der Waals surface area contributed by atoms with Gasteiger partial charge in [-0.05, 0) is 78.9 Å². The molecule has 0 saturated heterocycles. The van der Waals surface area contributed by atoms with Crippen LogP contribution in [0.3, 0.4) is 0 Å². The number of benzene rings is 5. The number of nitrogens with zero attached hydrogens (tertiary/aromatic N) is 1. The minimum Gasteiger partial charge on any atom is -0.507 e. The second kappa shape index (κ2) is 10.7. The van der Waals surface area contributed by atoms with Crippen molar-refractivity contribution >= 4 is 49.6 Å². The molecule has 37 heavy (non-hydrogen) atoms.